The highest BCUT2D eigenvalue weighted by atomic mass is 32.2. The molecule has 0 unspecified atom stereocenters. The third kappa shape index (κ3) is 10.6. The topological polar surface area (TPSA) is 26.0 Å². The zero-order valence-electron chi connectivity index (χ0n) is 18.5. The fourth-order valence-corrected chi connectivity index (χ4v) is 5.44. The Morgan fingerprint density at radius 1 is 0.893 bits per heavy atom. The molecule has 160 valence electrons. The van der Waals surface area contributed by atoms with Crippen molar-refractivity contribution < 1.29 is 0 Å². The van der Waals surface area contributed by atoms with Gasteiger partial charge in [-0.1, -0.05) is 65.0 Å². The van der Waals surface area contributed by atoms with Crippen molar-refractivity contribution >= 4 is 24.4 Å². The Labute approximate surface area is 184 Å². The molecule has 0 aliphatic heterocycles. The molecule has 1 nitrogen and oxygen atoms in total. The summed E-state index contributed by atoms with van der Waals surface area (Å²) in [5, 5.41) is 0. The molecule has 3 heteroatoms. The van der Waals surface area contributed by atoms with Crippen LogP contribution in [0, 0.1) is 11.8 Å². The van der Waals surface area contributed by atoms with Crippen LogP contribution in [0.3, 0.4) is 0 Å². The summed E-state index contributed by atoms with van der Waals surface area (Å²) in [6.45, 7) is 7.00. The second-order valence-corrected chi connectivity index (χ2v) is 12.3. The first kappa shape index (κ1) is 24.2. The van der Waals surface area contributed by atoms with Gasteiger partial charge in [-0.3, -0.25) is 0 Å². The van der Waals surface area contributed by atoms with E-state index in [1.165, 1.54) is 81.9 Å². The first-order valence-electron chi connectivity index (χ1n) is 11.5. The smallest absolute Gasteiger partial charge is 0.00751 e. The highest BCUT2D eigenvalue weighted by Crippen LogP contribution is 2.36. The van der Waals surface area contributed by atoms with Gasteiger partial charge in [0.05, 0.1) is 0 Å². The van der Waals surface area contributed by atoms with Crippen molar-refractivity contribution in [1.82, 2.24) is 0 Å². The molecule has 3 rings (SSSR count). The number of thioether (sulfide) groups is 1. The molecule has 0 bridgehead atoms. The van der Waals surface area contributed by atoms with Crippen molar-refractivity contribution in [3.8, 4) is 0 Å². The second-order valence-electron chi connectivity index (χ2n) is 9.91. The Morgan fingerprint density at radius 2 is 1.46 bits per heavy atom. The van der Waals surface area contributed by atoms with Gasteiger partial charge in [-0.2, -0.15) is 11.8 Å². The average molecular weight is 422 g/mol. The van der Waals surface area contributed by atoms with E-state index >= 15 is 0 Å². The van der Waals surface area contributed by atoms with E-state index in [2.05, 4.69) is 69.4 Å². The lowest BCUT2D eigenvalue weighted by Gasteiger charge is -2.30. The van der Waals surface area contributed by atoms with Crippen molar-refractivity contribution in [2.45, 2.75) is 107 Å². The number of nitrogens with two attached hydrogens (primary N) is 1. The molecule has 1 aromatic carbocycles. The molecule has 2 saturated carbocycles. The van der Waals surface area contributed by atoms with Crippen LogP contribution in [0.4, 0.5) is 0 Å². The Morgan fingerprint density at radius 3 is 1.96 bits per heavy atom. The van der Waals surface area contributed by atoms with Crippen LogP contribution in [0.1, 0.15) is 90.5 Å². The van der Waals surface area contributed by atoms with Gasteiger partial charge in [0, 0.05) is 15.7 Å². The van der Waals surface area contributed by atoms with Gasteiger partial charge in [-0.25, -0.2) is 0 Å². The van der Waals surface area contributed by atoms with Crippen LogP contribution in [-0.2, 0) is 6.42 Å². The molecule has 0 aromatic heterocycles. The van der Waals surface area contributed by atoms with E-state index in [1.54, 1.807) is 0 Å². The molecular weight excluding hydrogens is 378 g/mol. The molecule has 1 aromatic rings. The van der Waals surface area contributed by atoms with Crippen LogP contribution < -0.4 is 5.73 Å². The number of hydrogen-bond acceptors (Lipinski definition) is 3. The molecule has 0 heterocycles. The zero-order chi connectivity index (χ0) is 20.4. The quantitative estimate of drug-likeness (QED) is 0.481. The van der Waals surface area contributed by atoms with E-state index in [0.717, 1.165) is 16.7 Å². The van der Waals surface area contributed by atoms with Gasteiger partial charge in [0.25, 0.3) is 0 Å². The fourth-order valence-electron chi connectivity index (χ4n) is 4.22. The summed E-state index contributed by atoms with van der Waals surface area (Å²) in [4.78, 5) is 1.07. The molecule has 0 radical (unpaired) electrons. The minimum Gasteiger partial charge on any atom is -0.328 e. The highest BCUT2D eigenvalue weighted by Gasteiger charge is 2.22. The number of rotatable bonds is 5. The monoisotopic (exact) mass is 421 g/mol. The largest absolute Gasteiger partial charge is 0.328 e. The van der Waals surface area contributed by atoms with Crippen LogP contribution in [0.15, 0.2) is 29.2 Å². The first-order valence-corrected chi connectivity index (χ1v) is 12.9. The van der Waals surface area contributed by atoms with Crippen molar-refractivity contribution in [2.75, 3.05) is 5.75 Å². The molecule has 0 atom stereocenters. The lowest BCUT2D eigenvalue weighted by atomic mass is 9.80. The molecule has 2 aliphatic carbocycles. The summed E-state index contributed by atoms with van der Waals surface area (Å²) in [6.07, 6.45) is 15.0. The minimum absolute atomic E-state index is 0.427. The Kier molecular flexibility index (Phi) is 10.8. The fraction of sp³-hybridized carbons (Fsp3) is 0.760. The lowest BCUT2D eigenvalue weighted by Crippen LogP contribution is -2.22. The van der Waals surface area contributed by atoms with Crippen LogP contribution in [0.5, 0.6) is 0 Å². The summed E-state index contributed by atoms with van der Waals surface area (Å²) >= 11 is 6.49. The predicted octanol–water partition coefficient (Wildman–Crippen LogP) is 7.52. The van der Waals surface area contributed by atoms with Gasteiger partial charge in [-0.05, 0) is 73.8 Å². The summed E-state index contributed by atoms with van der Waals surface area (Å²) in [5.41, 5.74) is 7.11. The maximum absolute atomic E-state index is 5.63. The lowest BCUT2D eigenvalue weighted by molar-refractivity contribution is 0.280. The third-order valence-electron chi connectivity index (χ3n) is 6.15. The average Bonchev–Trinajstić information content (AvgIpc) is 2.67. The summed E-state index contributed by atoms with van der Waals surface area (Å²) < 4.78 is 0.427. The zero-order valence-corrected chi connectivity index (χ0v) is 20.2. The van der Waals surface area contributed by atoms with Gasteiger partial charge in [0.1, 0.15) is 0 Å². The first-order chi connectivity index (χ1) is 13.3. The Balaban J connectivity index is 0.000000336. The Bertz CT molecular complexity index is 520. The molecule has 2 aliphatic rings. The predicted molar refractivity (Wildman–Crippen MR) is 131 cm³/mol. The van der Waals surface area contributed by atoms with E-state index in [0.29, 0.717) is 10.8 Å². The van der Waals surface area contributed by atoms with Gasteiger partial charge in [0.2, 0.25) is 0 Å². The van der Waals surface area contributed by atoms with Gasteiger partial charge < -0.3 is 5.73 Å². The molecule has 2 fully saturated rings. The number of thiol groups is 1. The number of hydrogen-bond donors (Lipinski definition) is 2. The maximum Gasteiger partial charge on any atom is 0.00751 e. The van der Waals surface area contributed by atoms with E-state index in [-0.39, 0.29) is 0 Å². The highest BCUT2D eigenvalue weighted by molar-refractivity contribution is 8.00. The van der Waals surface area contributed by atoms with Crippen molar-refractivity contribution in [1.29, 1.82) is 0 Å². The number of benzene rings is 1. The van der Waals surface area contributed by atoms with Gasteiger partial charge >= 0.3 is 0 Å². The van der Waals surface area contributed by atoms with Crippen LogP contribution in [0.2, 0.25) is 0 Å². The van der Waals surface area contributed by atoms with Gasteiger partial charge in [0.15, 0.2) is 0 Å². The van der Waals surface area contributed by atoms with Crippen molar-refractivity contribution in [3.63, 3.8) is 0 Å². The summed E-state index contributed by atoms with van der Waals surface area (Å²) in [6, 6.07) is 9.22. The Hall–Kier alpha value is -0.120. The van der Waals surface area contributed by atoms with E-state index < -0.39 is 0 Å². The summed E-state index contributed by atoms with van der Waals surface area (Å²) in [5.74, 6) is 3.28. The van der Waals surface area contributed by atoms with E-state index in [9.17, 15) is 0 Å². The van der Waals surface area contributed by atoms with Crippen molar-refractivity contribution in [3.05, 3.63) is 29.8 Å². The van der Waals surface area contributed by atoms with E-state index in [1.807, 2.05) is 0 Å². The normalized spacial score (nSPS) is 23.8. The van der Waals surface area contributed by atoms with Crippen LogP contribution in [-0.4, -0.2) is 16.5 Å². The standard InChI is InChI=1S/C19H30S2.C6H13N/c1-19(2,3)21-14-17-8-6-15(7-9-17)4-5-16-10-12-18(20)13-11-16;7-6-4-2-1-3-5-6/h10-13,15,17,20H,4-9,14H2,1-3H3;6H,1-5,7H2. The third-order valence-corrected chi connectivity index (χ3v) is 7.95. The molecule has 28 heavy (non-hydrogen) atoms. The van der Waals surface area contributed by atoms with Crippen LogP contribution >= 0.6 is 24.4 Å². The SMILES string of the molecule is CC(C)(C)SCC1CCC(CCc2ccc(S)cc2)CC1.NC1CCCCC1. The van der Waals surface area contributed by atoms with E-state index in [4.69, 9.17) is 5.73 Å². The number of aryl methyl sites for hydroxylation is 1. The molecule has 0 spiro atoms. The van der Waals surface area contributed by atoms with Crippen LogP contribution in [0.25, 0.3) is 0 Å². The van der Waals surface area contributed by atoms with Gasteiger partial charge in [-0.15, -0.1) is 12.6 Å². The minimum atomic E-state index is 0.427. The molecule has 0 saturated heterocycles. The maximum atomic E-state index is 5.63. The second kappa shape index (κ2) is 12.5. The summed E-state index contributed by atoms with van der Waals surface area (Å²) in [7, 11) is 0. The molecular formula is C25H43NS2. The van der Waals surface area contributed by atoms with Crippen molar-refractivity contribution in [2.24, 2.45) is 17.6 Å². The molecule has 2 N–H and O–H groups in total. The molecule has 0 amide bonds.